The number of hydrogen-bond acceptors (Lipinski definition) is 6. The third-order valence-electron chi connectivity index (χ3n) is 4.73. The minimum Gasteiger partial charge on any atom is -0.492 e. The summed E-state index contributed by atoms with van der Waals surface area (Å²) >= 11 is 0. The topological polar surface area (TPSA) is 75.0 Å². The Morgan fingerprint density at radius 2 is 1.86 bits per heavy atom. The van der Waals surface area contributed by atoms with Gasteiger partial charge in [-0.15, -0.1) is 0 Å². The number of furan rings is 1. The van der Waals surface area contributed by atoms with E-state index in [9.17, 15) is 9.59 Å². The van der Waals surface area contributed by atoms with Crippen molar-refractivity contribution in [3.8, 4) is 5.75 Å². The Kier molecular flexibility index (Phi) is 5.02. The first-order chi connectivity index (χ1) is 13.7. The third kappa shape index (κ3) is 3.45. The lowest BCUT2D eigenvalue weighted by atomic mass is 9.97. The minimum absolute atomic E-state index is 0.0673. The number of fused-ring (bicyclic) bond motifs is 2. The number of carbonyl (C=O) groups is 2. The van der Waals surface area contributed by atoms with E-state index in [2.05, 4.69) is 0 Å². The number of esters is 2. The van der Waals surface area contributed by atoms with Crippen molar-refractivity contribution in [3.05, 3.63) is 65.4 Å². The van der Waals surface area contributed by atoms with Crippen LogP contribution in [0.1, 0.15) is 28.6 Å². The number of hydrogen-bond donors (Lipinski definition) is 0. The number of ether oxygens (including phenoxy) is 3. The number of benzene rings is 2. The smallest absolute Gasteiger partial charge is 0.374 e. The average molecular weight is 380 g/mol. The normalized spacial score (nSPS) is 15.5. The van der Waals surface area contributed by atoms with E-state index in [0.717, 1.165) is 16.7 Å². The average Bonchev–Trinajstić information content (AvgIpc) is 3.10. The van der Waals surface area contributed by atoms with Crippen molar-refractivity contribution < 1.29 is 28.2 Å². The van der Waals surface area contributed by atoms with Crippen molar-refractivity contribution in [2.75, 3.05) is 13.2 Å². The molecular weight excluding hydrogens is 360 g/mol. The van der Waals surface area contributed by atoms with Crippen LogP contribution in [-0.4, -0.2) is 25.2 Å². The van der Waals surface area contributed by atoms with Gasteiger partial charge in [-0.3, -0.25) is 4.79 Å². The van der Waals surface area contributed by atoms with Gasteiger partial charge in [0, 0.05) is 5.39 Å². The second kappa shape index (κ2) is 7.76. The first kappa shape index (κ1) is 18.1. The number of para-hydroxylation sites is 2. The molecule has 28 heavy (non-hydrogen) atoms. The van der Waals surface area contributed by atoms with Crippen LogP contribution in [0.15, 0.2) is 52.9 Å². The van der Waals surface area contributed by atoms with E-state index in [0.29, 0.717) is 17.6 Å². The Hall–Kier alpha value is -3.28. The molecule has 0 aliphatic carbocycles. The highest BCUT2D eigenvalue weighted by Crippen LogP contribution is 2.30. The van der Waals surface area contributed by atoms with Gasteiger partial charge in [0.2, 0.25) is 5.76 Å². The van der Waals surface area contributed by atoms with E-state index in [4.69, 9.17) is 18.6 Å². The van der Waals surface area contributed by atoms with Crippen LogP contribution in [0.25, 0.3) is 11.0 Å². The van der Waals surface area contributed by atoms with Gasteiger partial charge in [0.1, 0.15) is 24.5 Å². The van der Waals surface area contributed by atoms with E-state index in [1.807, 2.05) is 42.5 Å². The SMILES string of the molecule is CCOC(=O)c1oc2ccccc2c1COC(=O)[C@@H]1COc2ccccc2C1. The van der Waals surface area contributed by atoms with Gasteiger partial charge in [-0.1, -0.05) is 36.4 Å². The zero-order chi connectivity index (χ0) is 19.5. The van der Waals surface area contributed by atoms with Crippen LogP contribution in [0.5, 0.6) is 5.75 Å². The molecule has 0 unspecified atom stereocenters. The van der Waals surface area contributed by atoms with Gasteiger partial charge >= 0.3 is 11.9 Å². The van der Waals surface area contributed by atoms with Crippen LogP contribution in [-0.2, 0) is 27.3 Å². The van der Waals surface area contributed by atoms with Gasteiger partial charge < -0.3 is 18.6 Å². The van der Waals surface area contributed by atoms with Crippen LogP contribution < -0.4 is 4.74 Å². The standard InChI is InChI=1S/C22H20O6/c1-2-25-22(24)20-17(16-8-4-6-10-19(16)28-20)13-27-21(23)15-11-14-7-3-5-9-18(14)26-12-15/h3-10,15H,2,11-13H2,1H3/t15-/m0/s1. The molecule has 0 spiro atoms. The van der Waals surface area contributed by atoms with Crippen molar-refractivity contribution in [2.24, 2.45) is 5.92 Å². The lowest BCUT2D eigenvalue weighted by Crippen LogP contribution is -2.29. The summed E-state index contributed by atoms with van der Waals surface area (Å²) in [6.07, 6.45) is 0.561. The summed E-state index contributed by atoms with van der Waals surface area (Å²) in [6, 6.07) is 14.9. The van der Waals surface area contributed by atoms with E-state index < -0.39 is 5.97 Å². The molecule has 6 nitrogen and oxygen atoms in total. The van der Waals surface area contributed by atoms with E-state index >= 15 is 0 Å². The van der Waals surface area contributed by atoms with Gasteiger partial charge in [0.15, 0.2) is 0 Å². The molecule has 0 fully saturated rings. The maximum Gasteiger partial charge on any atom is 0.374 e. The fourth-order valence-corrected chi connectivity index (χ4v) is 3.34. The molecule has 0 radical (unpaired) electrons. The molecule has 1 aliphatic heterocycles. The van der Waals surface area contributed by atoms with Crippen molar-refractivity contribution in [3.63, 3.8) is 0 Å². The summed E-state index contributed by atoms with van der Waals surface area (Å²) in [6.45, 7) is 2.16. The Morgan fingerprint density at radius 3 is 2.71 bits per heavy atom. The second-order valence-electron chi connectivity index (χ2n) is 6.55. The minimum atomic E-state index is -0.570. The van der Waals surface area contributed by atoms with Gasteiger partial charge in [-0.05, 0) is 31.0 Å². The lowest BCUT2D eigenvalue weighted by molar-refractivity contribution is -0.151. The van der Waals surface area contributed by atoms with E-state index in [1.165, 1.54) is 0 Å². The molecule has 0 saturated heterocycles. The molecule has 2 aromatic carbocycles. The molecular formula is C22H20O6. The van der Waals surface area contributed by atoms with Gasteiger partial charge in [-0.25, -0.2) is 4.79 Å². The molecule has 4 rings (SSSR count). The molecule has 2 heterocycles. The molecule has 0 amide bonds. The fourth-order valence-electron chi connectivity index (χ4n) is 3.34. The summed E-state index contributed by atoms with van der Waals surface area (Å²) in [5, 5.41) is 0.726. The highest BCUT2D eigenvalue weighted by molar-refractivity contribution is 5.96. The molecule has 0 N–H and O–H groups in total. The Labute approximate surface area is 162 Å². The van der Waals surface area contributed by atoms with Crippen molar-refractivity contribution in [1.82, 2.24) is 0 Å². The van der Waals surface area contributed by atoms with Crippen LogP contribution in [0.3, 0.4) is 0 Å². The molecule has 144 valence electrons. The monoisotopic (exact) mass is 380 g/mol. The van der Waals surface area contributed by atoms with Crippen LogP contribution in [0.2, 0.25) is 0 Å². The summed E-state index contributed by atoms with van der Waals surface area (Å²) in [7, 11) is 0. The molecule has 0 bridgehead atoms. The highest BCUT2D eigenvalue weighted by atomic mass is 16.6. The molecule has 1 aromatic heterocycles. The van der Waals surface area contributed by atoms with Crippen molar-refractivity contribution in [2.45, 2.75) is 20.0 Å². The Bertz CT molecular complexity index is 1020. The third-order valence-corrected chi connectivity index (χ3v) is 4.73. The Morgan fingerprint density at radius 1 is 1.07 bits per heavy atom. The predicted octanol–water partition coefficient (Wildman–Crippen LogP) is 3.90. The number of carbonyl (C=O) groups excluding carboxylic acids is 2. The molecule has 6 heteroatoms. The highest BCUT2D eigenvalue weighted by Gasteiger charge is 2.28. The zero-order valence-electron chi connectivity index (χ0n) is 15.5. The predicted molar refractivity (Wildman–Crippen MR) is 101 cm³/mol. The molecule has 1 atom stereocenters. The summed E-state index contributed by atoms with van der Waals surface area (Å²) in [5.41, 5.74) is 2.04. The Balaban J connectivity index is 1.52. The van der Waals surface area contributed by atoms with Crippen molar-refractivity contribution >= 4 is 22.9 Å². The summed E-state index contributed by atoms with van der Waals surface area (Å²) < 4.78 is 21.9. The first-order valence-corrected chi connectivity index (χ1v) is 9.22. The maximum absolute atomic E-state index is 12.6. The van der Waals surface area contributed by atoms with Crippen LogP contribution in [0.4, 0.5) is 0 Å². The van der Waals surface area contributed by atoms with Gasteiger partial charge in [-0.2, -0.15) is 0 Å². The van der Waals surface area contributed by atoms with Crippen LogP contribution >= 0.6 is 0 Å². The summed E-state index contributed by atoms with van der Waals surface area (Å²) in [4.78, 5) is 24.8. The maximum atomic E-state index is 12.6. The van der Waals surface area contributed by atoms with Gasteiger partial charge in [0.25, 0.3) is 0 Å². The largest absolute Gasteiger partial charge is 0.492 e. The first-order valence-electron chi connectivity index (χ1n) is 9.22. The van der Waals surface area contributed by atoms with Gasteiger partial charge in [0.05, 0.1) is 18.1 Å². The molecule has 0 saturated carbocycles. The quantitative estimate of drug-likeness (QED) is 0.625. The number of rotatable bonds is 5. The summed E-state index contributed by atoms with van der Waals surface area (Å²) in [5.74, 6) is -0.452. The van der Waals surface area contributed by atoms with E-state index in [-0.39, 0.29) is 37.5 Å². The van der Waals surface area contributed by atoms with Crippen LogP contribution in [0, 0.1) is 5.92 Å². The zero-order valence-corrected chi connectivity index (χ0v) is 15.5. The molecule has 3 aromatic rings. The van der Waals surface area contributed by atoms with E-state index in [1.54, 1.807) is 13.0 Å². The lowest BCUT2D eigenvalue weighted by Gasteiger charge is -2.23. The van der Waals surface area contributed by atoms with Crippen molar-refractivity contribution in [1.29, 1.82) is 0 Å². The fraction of sp³-hybridized carbons (Fsp3) is 0.273. The molecule has 1 aliphatic rings. The second-order valence-corrected chi connectivity index (χ2v) is 6.55.